The van der Waals surface area contributed by atoms with E-state index in [1.165, 1.54) is 12.8 Å². The summed E-state index contributed by atoms with van der Waals surface area (Å²) in [5.41, 5.74) is 7.60. The summed E-state index contributed by atoms with van der Waals surface area (Å²) in [6, 6.07) is 10.7. The van der Waals surface area contributed by atoms with Crippen molar-refractivity contribution in [3.8, 4) is 5.75 Å². The van der Waals surface area contributed by atoms with E-state index in [4.69, 9.17) is 10.5 Å². The van der Waals surface area contributed by atoms with Crippen LogP contribution < -0.4 is 15.8 Å². The van der Waals surface area contributed by atoms with Crippen LogP contribution in [0, 0.1) is 6.92 Å². The van der Waals surface area contributed by atoms with E-state index in [-0.39, 0.29) is 11.7 Å². The molecule has 2 rings (SSSR count). The molecule has 1 aromatic carbocycles. The molecule has 0 saturated heterocycles. The molecular formula is C20H25N3O2. The molecule has 5 nitrogen and oxygen atoms in total. The zero-order valence-corrected chi connectivity index (χ0v) is 14.8. The van der Waals surface area contributed by atoms with Gasteiger partial charge >= 0.3 is 0 Å². The maximum absolute atomic E-state index is 12.3. The van der Waals surface area contributed by atoms with Crippen LogP contribution in [0.15, 0.2) is 48.6 Å². The number of pyridine rings is 1. The average molecular weight is 339 g/mol. The lowest BCUT2D eigenvalue weighted by molar-refractivity contribution is 0.102. The van der Waals surface area contributed by atoms with Gasteiger partial charge in [0.25, 0.3) is 5.91 Å². The molecule has 0 aliphatic carbocycles. The number of benzene rings is 1. The normalized spacial score (nSPS) is 10.8. The van der Waals surface area contributed by atoms with Gasteiger partial charge in [0, 0.05) is 17.4 Å². The minimum Gasteiger partial charge on any atom is -0.489 e. The monoisotopic (exact) mass is 339 g/mol. The predicted octanol–water partition coefficient (Wildman–Crippen LogP) is 4.35. The van der Waals surface area contributed by atoms with Gasteiger partial charge in [-0.15, -0.1) is 0 Å². The first kappa shape index (κ1) is 18.5. The summed E-state index contributed by atoms with van der Waals surface area (Å²) in [5.74, 6) is 0.636. The Hall–Kier alpha value is -2.82. The van der Waals surface area contributed by atoms with Gasteiger partial charge in [-0.25, -0.2) is 4.98 Å². The highest BCUT2D eigenvalue weighted by Crippen LogP contribution is 2.19. The zero-order chi connectivity index (χ0) is 18.1. The lowest BCUT2D eigenvalue weighted by Crippen LogP contribution is -2.15. The Bertz CT molecular complexity index is 741. The highest BCUT2D eigenvalue weighted by Gasteiger charge is 2.11. The number of amides is 1. The number of nitrogen functional groups attached to an aromatic ring is 1. The number of rotatable bonds is 8. The molecule has 0 unspecified atom stereocenters. The number of nitrogens with one attached hydrogen (secondary N) is 1. The number of unbranched alkanes of at least 4 members (excludes halogenated alkanes) is 2. The van der Waals surface area contributed by atoms with Crippen molar-refractivity contribution in [2.24, 2.45) is 0 Å². The minimum atomic E-state index is -0.290. The molecular weight excluding hydrogens is 314 g/mol. The summed E-state index contributed by atoms with van der Waals surface area (Å²) in [5, 5.41) is 2.82. The van der Waals surface area contributed by atoms with E-state index < -0.39 is 0 Å². The van der Waals surface area contributed by atoms with Crippen LogP contribution in [0.25, 0.3) is 0 Å². The van der Waals surface area contributed by atoms with Crippen LogP contribution in [0.5, 0.6) is 5.75 Å². The summed E-state index contributed by atoms with van der Waals surface area (Å²) >= 11 is 0. The van der Waals surface area contributed by atoms with E-state index in [0.717, 1.165) is 12.1 Å². The van der Waals surface area contributed by atoms with Crippen molar-refractivity contribution in [3.63, 3.8) is 0 Å². The molecule has 1 aromatic heterocycles. The summed E-state index contributed by atoms with van der Waals surface area (Å²) in [4.78, 5) is 16.4. The number of nitrogens with zero attached hydrogens (tertiary/aromatic N) is 1. The third-order valence-electron chi connectivity index (χ3n) is 3.64. The number of aryl methyl sites for hydroxylation is 1. The Kier molecular flexibility index (Phi) is 7.01. The topological polar surface area (TPSA) is 77.2 Å². The van der Waals surface area contributed by atoms with Gasteiger partial charge in [-0.2, -0.15) is 0 Å². The Labute approximate surface area is 148 Å². The van der Waals surface area contributed by atoms with Gasteiger partial charge in [-0.1, -0.05) is 38.0 Å². The molecule has 132 valence electrons. The average Bonchev–Trinajstić information content (AvgIpc) is 2.58. The van der Waals surface area contributed by atoms with Crippen LogP contribution >= 0.6 is 0 Å². The number of carbonyl (C=O) groups excluding carboxylic acids is 1. The van der Waals surface area contributed by atoms with Crippen LogP contribution in [0.2, 0.25) is 0 Å². The summed E-state index contributed by atoms with van der Waals surface area (Å²) in [6.07, 6.45) is 7.59. The molecule has 5 heteroatoms. The number of anilines is 2. The number of hydrogen-bond donors (Lipinski definition) is 2. The third-order valence-corrected chi connectivity index (χ3v) is 3.64. The second-order valence-electron chi connectivity index (χ2n) is 5.79. The molecule has 1 heterocycles. The number of ether oxygens (including phenoxy) is 1. The van der Waals surface area contributed by atoms with Gasteiger partial charge in [0.05, 0.1) is 5.56 Å². The van der Waals surface area contributed by atoms with E-state index in [0.29, 0.717) is 23.6 Å². The van der Waals surface area contributed by atoms with E-state index in [2.05, 4.69) is 23.3 Å². The highest BCUT2D eigenvalue weighted by atomic mass is 16.5. The zero-order valence-electron chi connectivity index (χ0n) is 14.8. The number of allylic oxidation sites excluding steroid dienone is 1. The Morgan fingerprint density at radius 3 is 2.88 bits per heavy atom. The lowest BCUT2D eigenvalue weighted by Gasteiger charge is -2.09. The molecule has 0 radical (unpaired) electrons. The molecule has 0 aliphatic heterocycles. The number of hydrogen-bond acceptors (Lipinski definition) is 4. The molecule has 0 aliphatic rings. The molecule has 0 saturated carbocycles. The largest absolute Gasteiger partial charge is 0.489 e. The Balaban J connectivity index is 1.94. The highest BCUT2D eigenvalue weighted by molar-refractivity contribution is 6.07. The Morgan fingerprint density at radius 1 is 1.28 bits per heavy atom. The molecule has 0 bridgehead atoms. The quantitative estimate of drug-likeness (QED) is 0.554. The minimum absolute atomic E-state index is 0.224. The fourth-order valence-electron chi connectivity index (χ4n) is 2.28. The van der Waals surface area contributed by atoms with Crippen LogP contribution in [0.3, 0.4) is 0 Å². The van der Waals surface area contributed by atoms with Gasteiger partial charge in [-0.3, -0.25) is 4.79 Å². The lowest BCUT2D eigenvalue weighted by atomic mass is 10.2. The van der Waals surface area contributed by atoms with Gasteiger partial charge < -0.3 is 15.8 Å². The predicted molar refractivity (Wildman–Crippen MR) is 102 cm³/mol. The van der Waals surface area contributed by atoms with Crippen LogP contribution in [0.1, 0.15) is 42.2 Å². The first-order valence-electron chi connectivity index (χ1n) is 8.52. The van der Waals surface area contributed by atoms with Crippen molar-refractivity contribution >= 4 is 17.4 Å². The van der Waals surface area contributed by atoms with Crippen molar-refractivity contribution in [2.45, 2.75) is 33.1 Å². The molecule has 1 amide bonds. The summed E-state index contributed by atoms with van der Waals surface area (Å²) < 4.78 is 5.68. The first-order chi connectivity index (χ1) is 12.1. The van der Waals surface area contributed by atoms with Crippen LogP contribution in [0.4, 0.5) is 11.5 Å². The van der Waals surface area contributed by atoms with Gasteiger partial charge in [0.2, 0.25) is 0 Å². The van der Waals surface area contributed by atoms with Crippen molar-refractivity contribution in [3.05, 3.63) is 59.8 Å². The SMILES string of the molecule is CCCCC=CCOc1cccc(NC(=O)c2ccc(C)nc2N)c1. The third kappa shape index (κ3) is 5.95. The van der Waals surface area contributed by atoms with Gasteiger partial charge in [-0.05, 0) is 37.6 Å². The van der Waals surface area contributed by atoms with Crippen molar-refractivity contribution in [1.29, 1.82) is 0 Å². The molecule has 0 atom stereocenters. The van der Waals surface area contributed by atoms with E-state index >= 15 is 0 Å². The molecule has 25 heavy (non-hydrogen) atoms. The van der Waals surface area contributed by atoms with Gasteiger partial charge in [0.15, 0.2) is 0 Å². The maximum Gasteiger partial charge on any atom is 0.259 e. The number of carbonyl (C=O) groups is 1. The molecule has 0 fully saturated rings. The van der Waals surface area contributed by atoms with E-state index in [9.17, 15) is 4.79 Å². The van der Waals surface area contributed by atoms with Crippen molar-refractivity contribution < 1.29 is 9.53 Å². The first-order valence-corrected chi connectivity index (χ1v) is 8.52. The molecule has 3 N–H and O–H groups in total. The van der Waals surface area contributed by atoms with Crippen LogP contribution in [-0.2, 0) is 0 Å². The van der Waals surface area contributed by atoms with Crippen LogP contribution in [-0.4, -0.2) is 17.5 Å². The second kappa shape index (κ2) is 9.47. The molecule has 2 aromatic rings. The van der Waals surface area contributed by atoms with E-state index in [1.54, 1.807) is 24.3 Å². The number of aromatic nitrogens is 1. The van der Waals surface area contributed by atoms with Crippen molar-refractivity contribution in [2.75, 3.05) is 17.7 Å². The summed E-state index contributed by atoms with van der Waals surface area (Å²) in [7, 11) is 0. The Morgan fingerprint density at radius 2 is 2.12 bits per heavy atom. The van der Waals surface area contributed by atoms with E-state index in [1.807, 2.05) is 25.1 Å². The second-order valence-corrected chi connectivity index (χ2v) is 5.79. The summed E-state index contributed by atoms with van der Waals surface area (Å²) in [6.45, 7) is 4.51. The molecule has 0 spiro atoms. The number of nitrogens with two attached hydrogens (primary N) is 1. The maximum atomic E-state index is 12.3. The van der Waals surface area contributed by atoms with Crippen molar-refractivity contribution in [1.82, 2.24) is 4.98 Å². The fourth-order valence-corrected chi connectivity index (χ4v) is 2.28. The smallest absolute Gasteiger partial charge is 0.259 e. The van der Waals surface area contributed by atoms with Gasteiger partial charge in [0.1, 0.15) is 18.2 Å². The standard InChI is InChI=1S/C20H25N3O2/c1-3-4-5-6-7-13-25-17-10-8-9-16(14-17)23-20(24)18-12-11-15(2)22-19(18)21/h6-12,14H,3-5,13H2,1-2H3,(H2,21,22)(H,23,24). The fraction of sp³-hybridized carbons (Fsp3) is 0.300.